The molecule has 2 rings (SSSR count). The molecule has 0 aromatic carbocycles. The van der Waals surface area contributed by atoms with Gasteiger partial charge in [0.05, 0.1) is 6.61 Å². The van der Waals surface area contributed by atoms with Crippen molar-refractivity contribution in [1.82, 2.24) is 5.06 Å². The number of rotatable bonds is 3. The third-order valence-corrected chi connectivity index (χ3v) is 2.89. The van der Waals surface area contributed by atoms with Gasteiger partial charge in [0.15, 0.2) is 0 Å². The Labute approximate surface area is 96.3 Å². The first-order chi connectivity index (χ1) is 7.68. The number of hydroxylamine groups is 2. The maximum atomic E-state index is 6.03. The average molecular weight is 224 g/mol. The van der Waals surface area contributed by atoms with E-state index in [1.54, 1.807) is 0 Å². The van der Waals surface area contributed by atoms with Crippen LogP contribution in [0.15, 0.2) is 16.5 Å². The lowest BCUT2D eigenvalue weighted by atomic mass is 10.1. The van der Waals surface area contributed by atoms with Crippen LogP contribution < -0.4 is 5.73 Å². The monoisotopic (exact) mass is 224 g/mol. The molecule has 0 aliphatic carbocycles. The van der Waals surface area contributed by atoms with Crippen LogP contribution >= 0.6 is 0 Å². The molecule has 1 aromatic heterocycles. The molecule has 0 spiro atoms. The van der Waals surface area contributed by atoms with Gasteiger partial charge in [-0.2, -0.15) is 5.06 Å². The zero-order valence-corrected chi connectivity index (χ0v) is 9.98. The van der Waals surface area contributed by atoms with Crippen LogP contribution in [-0.4, -0.2) is 24.3 Å². The lowest BCUT2D eigenvalue weighted by molar-refractivity contribution is -0.214. The highest BCUT2D eigenvalue weighted by Crippen LogP contribution is 2.27. The summed E-state index contributed by atoms with van der Waals surface area (Å²) in [6.45, 7) is 5.63. The fraction of sp³-hybridized carbons (Fsp3) is 0.667. The molecule has 1 aliphatic heterocycles. The Hall–Kier alpha value is -0.840. The number of hydrogen-bond donors (Lipinski definition) is 1. The summed E-state index contributed by atoms with van der Waals surface area (Å²) in [5.41, 5.74) is 6.03. The van der Waals surface area contributed by atoms with Crippen LogP contribution in [0, 0.1) is 6.92 Å². The molecule has 1 saturated heterocycles. The number of furan rings is 1. The molecule has 0 bridgehead atoms. The van der Waals surface area contributed by atoms with Gasteiger partial charge in [-0.05, 0) is 38.8 Å². The average Bonchev–Trinajstić information content (AvgIpc) is 2.66. The number of nitrogens with zero attached hydrogens (tertiary/aromatic N) is 1. The number of hydrogen-bond acceptors (Lipinski definition) is 4. The van der Waals surface area contributed by atoms with Gasteiger partial charge in [0, 0.05) is 12.6 Å². The summed E-state index contributed by atoms with van der Waals surface area (Å²) < 4.78 is 5.66. The van der Waals surface area contributed by atoms with Crippen LogP contribution in [-0.2, 0) is 4.84 Å². The van der Waals surface area contributed by atoms with Crippen LogP contribution in [0.3, 0.4) is 0 Å². The topological polar surface area (TPSA) is 51.6 Å². The van der Waals surface area contributed by atoms with Gasteiger partial charge in [0.1, 0.15) is 17.6 Å². The molecule has 1 aliphatic rings. The molecular weight excluding hydrogens is 204 g/mol. The smallest absolute Gasteiger partial charge is 0.125 e. The summed E-state index contributed by atoms with van der Waals surface area (Å²) in [5, 5.41) is 1.96. The summed E-state index contributed by atoms with van der Waals surface area (Å²) in [6.07, 6.45) is 2.28. The van der Waals surface area contributed by atoms with Crippen molar-refractivity contribution in [2.24, 2.45) is 5.73 Å². The van der Waals surface area contributed by atoms with E-state index in [4.69, 9.17) is 15.0 Å². The van der Waals surface area contributed by atoms with Gasteiger partial charge in [0.2, 0.25) is 0 Å². The Bertz CT molecular complexity index is 330. The van der Waals surface area contributed by atoms with E-state index in [2.05, 4.69) is 0 Å². The van der Waals surface area contributed by atoms with Crippen molar-refractivity contribution in [3.8, 4) is 0 Å². The largest absolute Gasteiger partial charge is 0.465 e. The maximum absolute atomic E-state index is 6.03. The zero-order chi connectivity index (χ0) is 11.5. The molecule has 2 heterocycles. The summed E-state index contributed by atoms with van der Waals surface area (Å²) >= 11 is 0. The predicted molar refractivity (Wildman–Crippen MR) is 61.7 cm³/mol. The highest BCUT2D eigenvalue weighted by molar-refractivity contribution is 5.11. The lowest BCUT2D eigenvalue weighted by Gasteiger charge is -2.34. The van der Waals surface area contributed by atoms with Crippen LogP contribution in [0.25, 0.3) is 0 Å². The molecule has 1 fully saturated rings. The fourth-order valence-corrected chi connectivity index (χ4v) is 2.11. The van der Waals surface area contributed by atoms with Gasteiger partial charge < -0.3 is 10.2 Å². The molecule has 2 N–H and O–H groups in total. The standard InChI is InChI=1S/C12H20N2O2/c1-9-5-6-11(16-9)12(10(2)13)14-7-3-4-8-15-14/h5-6,10,12H,3-4,7-8,13H2,1-2H3. The van der Waals surface area contributed by atoms with Crippen molar-refractivity contribution in [2.45, 2.75) is 38.8 Å². The van der Waals surface area contributed by atoms with Crippen LogP contribution in [0.4, 0.5) is 0 Å². The second-order valence-electron chi connectivity index (χ2n) is 4.43. The van der Waals surface area contributed by atoms with E-state index in [-0.39, 0.29) is 12.1 Å². The van der Waals surface area contributed by atoms with Gasteiger partial charge in [-0.15, -0.1) is 0 Å². The van der Waals surface area contributed by atoms with Gasteiger partial charge in [-0.1, -0.05) is 0 Å². The summed E-state index contributed by atoms with van der Waals surface area (Å²) in [6, 6.07) is 3.97. The third kappa shape index (κ3) is 2.45. The van der Waals surface area contributed by atoms with E-state index in [9.17, 15) is 0 Å². The second kappa shape index (κ2) is 4.99. The van der Waals surface area contributed by atoms with E-state index in [1.807, 2.05) is 31.0 Å². The van der Waals surface area contributed by atoms with Crippen molar-refractivity contribution in [1.29, 1.82) is 0 Å². The molecule has 4 heteroatoms. The predicted octanol–water partition coefficient (Wildman–Crippen LogP) is 2.00. The fourth-order valence-electron chi connectivity index (χ4n) is 2.11. The minimum Gasteiger partial charge on any atom is -0.465 e. The minimum absolute atomic E-state index is 0.0105. The Morgan fingerprint density at radius 2 is 2.19 bits per heavy atom. The maximum Gasteiger partial charge on any atom is 0.125 e. The second-order valence-corrected chi connectivity index (χ2v) is 4.43. The van der Waals surface area contributed by atoms with Gasteiger partial charge >= 0.3 is 0 Å². The van der Waals surface area contributed by atoms with E-state index < -0.39 is 0 Å². The zero-order valence-electron chi connectivity index (χ0n) is 9.98. The van der Waals surface area contributed by atoms with E-state index in [0.717, 1.165) is 37.5 Å². The van der Waals surface area contributed by atoms with Crippen molar-refractivity contribution >= 4 is 0 Å². The Kier molecular flexibility index (Phi) is 3.63. The Morgan fingerprint density at radius 1 is 1.38 bits per heavy atom. The number of aryl methyl sites for hydroxylation is 1. The van der Waals surface area contributed by atoms with Crippen LogP contribution in [0.1, 0.15) is 37.3 Å². The summed E-state index contributed by atoms with van der Waals surface area (Å²) in [5.74, 6) is 1.81. The first kappa shape index (κ1) is 11.6. The molecule has 2 atom stereocenters. The first-order valence-corrected chi connectivity index (χ1v) is 5.90. The van der Waals surface area contributed by atoms with E-state index in [0.29, 0.717) is 0 Å². The van der Waals surface area contributed by atoms with Crippen molar-refractivity contribution in [3.05, 3.63) is 23.7 Å². The highest BCUT2D eigenvalue weighted by atomic mass is 16.7. The van der Waals surface area contributed by atoms with Crippen LogP contribution in [0.2, 0.25) is 0 Å². The summed E-state index contributed by atoms with van der Waals surface area (Å²) in [4.78, 5) is 5.66. The van der Waals surface area contributed by atoms with Crippen LogP contribution in [0.5, 0.6) is 0 Å². The Balaban J connectivity index is 2.16. The molecular formula is C12H20N2O2. The highest BCUT2D eigenvalue weighted by Gasteiger charge is 2.29. The SMILES string of the molecule is Cc1ccc(C(C(C)N)N2CCCCO2)o1. The summed E-state index contributed by atoms with van der Waals surface area (Å²) in [7, 11) is 0. The molecule has 0 radical (unpaired) electrons. The lowest BCUT2D eigenvalue weighted by Crippen LogP contribution is -2.41. The van der Waals surface area contributed by atoms with Gasteiger partial charge in [0.25, 0.3) is 0 Å². The number of nitrogens with two attached hydrogens (primary N) is 1. The first-order valence-electron chi connectivity index (χ1n) is 5.90. The van der Waals surface area contributed by atoms with Crippen molar-refractivity contribution in [3.63, 3.8) is 0 Å². The van der Waals surface area contributed by atoms with Gasteiger partial charge in [-0.3, -0.25) is 4.84 Å². The molecule has 0 saturated carbocycles. The minimum atomic E-state index is -0.0105. The molecule has 1 aromatic rings. The van der Waals surface area contributed by atoms with E-state index in [1.165, 1.54) is 0 Å². The van der Waals surface area contributed by atoms with Crippen molar-refractivity contribution in [2.75, 3.05) is 13.2 Å². The molecule has 90 valence electrons. The Morgan fingerprint density at radius 3 is 2.69 bits per heavy atom. The molecule has 0 amide bonds. The quantitative estimate of drug-likeness (QED) is 0.853. The molecule has 2 unspecified atom stereocenters. The van der Waals surface area contributed by atoms with Crippen molar-refractivity contribution < 1.29 is 9.25 Å². The van der Waals surface area contributed by atoms with Gasteiger partial charge in [-0.25, -0.2) is 0 Å². The normalized spacial score (nSPS) is 21.9. The molecule has 4 nitrogen and oxygen atoms in total. The molecule has 16 heavy (non-hydrogen) atoms. The van der Waals surface area contributed by atoms with E-state index >= 15 is 0 Å². The third-order valence-electron chi connectivity index (χ3n) is 2.89.